The molecule has 4 aromatic carbocycles. The van der Waals surface area contributed by atoms with Crippen LogP contribution in [0.25, 0.3) is 87.5 Å². The third-order valence-electron chi connectivity index (χ3n) is 8.61. The molecule has 0 saturated carbocycles. The molecule has 0 N–H and O–H groups in total. The Bertz CT molecular complexity index is 2710. The molecule has 9 heteroatoms. The number of rotatable bonds is 0. The van der Waals surface area contributed by atoms with E-state index < -0.39 is 0 Å². The van der Waals surface area contributed by atoms with Crippen molar-refractivity contribution in [1.82, 2.24) is 39.9 Å². The van der Waals surface area contributed by atoms with Crippen molar-refractivity contribution in [3.8, 4) is 0 Å². The van der Waals surface area contributed by atoms with Crippen molar-refractivity contribution >= 4 is 87.5 Å². The minimum atomic E-state index is 0. The third-order valence-corrected chi connectivity index (χ3v) is 8.61. The maximum Gasteiger partial charge on any atom is 2.00 e. The van der Waals surface area contributed by atoms with Crippen LogP contribution in [-0.2, 0) is 19.5 Å². The van der Waals surface area contributed by atoms with E-state index in [-0.39, 0.29) is 19.5 Å². The Morgan fingerprint density at radius 2 is 0.549 bits per heavy atom. The Morgan fingerprint density at radius 3 is 0.882 bits per heavy atom. The van der Waals surface area contributed by atoms with Crippen LogP contribution in [0, 0.1) is 0 Å². The van der Waals surface area contributed by atoms with Gasteiger partial charge in [-0.1, -0.05) is 60.7 Å². The molecule has 0 aliphatic rings. The summed E-state index contributed by atoms with van der Waals surface area (Å²) in [4.78, 5) is 36.1. The van der Waals surface area contributed by atoms with Crippen LogP contribution in [0.2, 0.25) is 0 Å². The first-order valence-electron chi connectivity index (χ1n) is 16.2. The molecule has 0 amide bonds. The molecule has 7 heterocycles. The number of pyridine rings is 6. The quantitative estimate of drug-likeness (QED) is 0.0860. The summed E-state index contributed by atoms with van der Waals surface area (Å²) in [6.45, 7) is 0. The molecule has 0 saturated heterocycles. The zero-order chi connectivity index (χ0) is 33.3. The van der Waals surface area contributed by atoms with E-state index >= 15 is 0 Å². The maximum atomic E-state index is 4.83. The molecule has 0 fully saturated rings. The smallest absolute Gasteiger partial charge is 0.254 e. The van der Waals surface area contributed by atoms with Crippen LogP contribution >= 0.6 is 0 Å². The molecule has 240 valence electrons. The molecule has 0 aliphatic carbocycles. The minimum Gasteiger partial charge on any atom is -0.254 e. The SMILES string of the molecule is [Ru+2].c1ccc2nc3c4cccnc4c4ncccc4c3nc2c1.c1cnc2c(c1)ccc1cccnc12.c1cnc2c(c1)ccc1cccnc12. The van der Waals surface area contributed by atoms with Crippen molar-refractivity contribution in [3.63, 3.8) is 0 Å². The van der Waals surface area contributed by atoms with Gasteiger partial charge in [-0.05, 0) is 60.7 Å². The fraction of sp³-hybridized carbons (Fsp3) is 0. The van der Waals surface area contributed by atoms with Gasteiger partial charge in [0.05, 0.1) is 55.2 Å². The van der Waals surface area contributed by atoms with Crippen LogP contribution in [-0.4, -0.2) is 39.9 Å². The second kappa shape index (κ2) is 13.8. The van der Waals surface area contributed by atoms with E-state index in [0.717, 1.165) is 87.5 Å². The normalized spacial score (nSPS) is 11.0. The number of benzene rings is 4. The average molecular weight is 744 g/mol. The standard InChI is InChI=1S/C18H10N4.2C12H8N2.Ru/c1-2-8-14-13(7-1)21-17-11-5-3-9-19-15(11)16-12(18(17)22-14)6-4-10-20-16;2*1-3-9-5-6-10-4-2-8-14-12(10)11(9)13-7-1;/h1-10H;2*1-8H;/q;;;+2. The molecule has 0 atom stereocenters. The average Bonchev–Trinajstić information content (AvgIpc) is 3.21. The summed E-state index contributed by atoms with van der Waals surface area (Å²) in [5, 5.41) is 6.53. The summed E-state index contributed by atoms with van der Waals surface area (Å²) in [5.74, 6) is 0. The van der Waals surface area contributed by atoms with Gasteiger partial charge in [0.15, 0.2) is 0 Å². The second-order valence-electron chi connectivity index (χ2n) is 11.6. The second-order valence-corrected chi connectivity index (χ2v) is 11.6. The molecule has 51 heavy (non-hydrogen) atoms. The van der Waals surface area contributed by atoms with Gasteiger partial charge >= 0.3 is 19.5 Å². The Hall–Kier alpha value is -6.44. The van der Waals surface area contributed by atoms with E-state index in [2.05, 4.69) is 78.4 Å². The molecule has 11 rings (SSSR count). The van der Waals surface area contributed by atoms with E-state index in [0.29, 0.717) is 0 Å². The summed E-state index contributed by atoms with van der Waals surface area (Å²) < 4.78 is 0. The van der Waals surface area contributed by atoms with Gasteiger partial charge in [0.1, 0.15) is 0 Å². The predicted molar refractivity (Wildman–Crippen MR) is 202 cm³/mol. The number of nitrogens with zero attached hydrogens (tertiary/aromatic N) is 8. The first-order chi connectivity index (χ1) is 24.8. The third kappa shape index (κ3) is 5.94. The Morgan fingerprint density at radius 1 is 0.255 bits per heavy atom. The van der Waals surface area contributed by atoms with Gasteiger partial charge in [-0.2, -0.15) is 0 Å². The van der Waals surface area contributed by atoms with Gasteiger partial charge in [0.25, 0.3) is 0 Å². The molecule has 11 aromatic rings. The van der Waals surface area contributed by atoms with E-state index in [4.69, 9.17) is 9.97 Å². The fourth-order valence-electron chi connectivity index (χ4n) is 6.31. The summed E-state index contributed by atoms with van der Waals surface area (Å²) in [5.41, 5.74) is 9.19. The largest absolute Gasteiger partial charge is 2.00 e. The maximum absolute atomic E-state index is 4.83. The summed E-state index contributed by atoms with van der Waals surface area (Å²) in [7, 11) is 0. The molecular formula is C42H26N8Ru+2. The monoisotopic (exact) mass is 744 g/mol. The minimum absolute atomic E-state index is 0. The van der Waals surface area contributed by atoms with E-state index in [1.165, 1.54) is 0 Å². The van der Waals surface area contributed by atoms with Crippen LogP contribution in [0.4, 0.5) is 0 Å². The molecule has 0 radical (unpaired) electrons. The van der Waals surface area contributed by atoms with Crippen molar-refractivity contribution in [1.29, 1.82) is 0 Å². The van der Waals surface area contributed by atoms with Gasteiger partial charge in [-0.3, -0.25) is 29.9 Å². The number of fused-ring (bicyclic) bond motifs is 13. The molecule has 7 aromatic heterocycles. The number of para-hydroxylation sites is 2. The Labute approximate surface area is 304 Å². The topological polar surface area (TPSA) is 103 Å². The van der Waals surface area contributed by atoms with Crippen molar-refractivity contribution in [3.05, 3.63) is 159 Å². The summed E-state index contributed by atoms with van der Waals surface area (Å²) in [6, 6.07) is 40.1. The van der Waals surface area contributed by atoms with Gasteiger partial charge < -0.3 is 0 Å². The van der Waals surface area contributed by atoms with Crippen molar-refractivity contribution < 1.29 is 19.5 Å². The Balaban J connectivity index is 0.000000114. The summed E-state index contributed by atoms with van der Waals surface area (Å²) in [6.07, 6.45) is 10.8. The van der Waals surface area contributed by atoms with Crippen molar-refractivity contribution in [2.24, 2.45) is 0 Å². The first-order valence-corrected chi connectivity index (χ1v) is 16.2. The van der Waals surface area contributed by atoms with Gasteiger partial charge in [0.2, 0.25) is 0 Å². The Kier molecular flexibility index (Phi) is 8.62. The molecule has 0 spiro atoms. The van der Waals surface area contributed by atoms with Crippen LogP contribution < -0.4 is 0 Å². The van der Waals surface area contributed by atoms with Crippen LogP contribution in [0.5, 0.6) is 0 Å². The first kappa shape index (κ1) is 31.8. The predicted octanol–water partition coefficient (Wildman–Crippen LogP) is 9.44. The van der Waals surface area contributed by atoms with E-state index in [1.807, 2.05) is 72.8 Å². The van der Waals surface area contributed by atoms with Gasteiger partial charge in [0, 0.05) is 69.5 Å². The number of hydrogen-bond acceptors (Lipinski definition) is 8. The molecule has 0 aliphatic heterocycles. The summed E-state index contributed by atoms with van der Waals surface area (Å²) >= 11 is 0. The van der Waals surface area contributed by atoms with Crippen molar-refractivity contribution in [2.75, 3.05) is 0 Å². The van der Waals surface area contributed by atoms with Crippen molar-refractivity contribution in [2.45, 2.75) is 0 Å². The van der Waals surface area contributed by atoms with Crippen LogP contribution in [0.3, 0.4) is 0 Å². The van der Waals surface area contributed by atoms with E-state index in [9.17, 15) is 0 Å². The number of aromatic nitrogens is 8. The van der Waals surface area contributed by atoms with Gasteiger partial charge in [-0.15, -0.1) is 0 Å². The van der Waals surface area contributed by atoms with Crippen LogP contribution in [0.1, 0.15) is 0 Å². The molecule has 0 bridgehead atoms. The fourth-order valence-corrected chi connectivity index (χ4v) is 6.31. The zero-order valence-electron chi connectivity index (χ0n) is 26.9. The molecular weight excluding hydrogens is 718 g/mol. The zero-order valence-corrected chi connectivity index (χ0v) is 28.7. The number of hydrogen-bond donors (Lipinski definition) is 0. The van der Waals surface area contributed by atoms with E-state index in [1.54, 1.807) is 37.2 Å². The molecule has 0 unspecified atom stereocenters. The van der Waals surface area contributed by atoms with Crippen LogP contribution in [0.15, 0.2) is 159 Å². The van der Waals surface area contributed by atoms with Gasteiger partial charge in [-0.25, -0.2) is 9.97 Å². The molecule has 8 nitrogen and oxygen atoms in total.